The summed E-state index contributed by atoms with van der Waals surface area (Å²) in [4.78, 5) is 17.0. The van der Waals surface area contributed by atoms with Crippen LogP contribution in [0.1, 0.15) is 40.9 Å². The Morgan fingerprint density at radius 1 is 1.06 bits per heavy atom. The Kier molecular flexibility index (Phi) is 5.21. The van der Waals surface area contributed by atoms with Gasteiger partial charge in [-0.1, -0.05) is 30.3 Å². The monoisotopic (exact) mass is 432 g/mol. The second-order valence-corrected chi connectivity index (χ2v) is 8.25. The van der Waals surface area contributed by atoms with Gasteiger partial charge in [-0.2, -0.15) is 0 Å². The minimum Gasteiger partial charge on any atom is -0.485 e. The molecular formula is C26H22F2N2O2. The SMILES string of the molecule is Cc1nc2c(OCc3c(F)cccc3F)cccn2c1-c1ccc(C(=O)CC2CC2)cc1. The van der Waals surface area contributed by atoms with Crippen molar-refractivity contribution in [3.8, 4) is 17.0 Å². The summed E-state index contributed by atoms with van der Waals surface area (Å²) in [5.41, 5.74) is 3.76. The molecule has 162 valence electrons. The van der Waals surface area contributed by atoms with E-state index in [1.165, 1.54) is 18.2 Å². The predicted molar refractivity (Wildman–Crippen MR) is 118 cm³/mol. The number of ether oxygens (including phenoxy) is 1. The number of aryl methyl sites for hydroxylation is 1. The average molecular weight is 432 g/mol. The number of fused-ring (bicyclic) bond motifs is 1. The van der Waals surface area contributed by atoms with Gasteiger partial charge in [-0.15, -0.1) is 0 Å². The highest BCUT2D eigenvalue weighted by Crippen LogP contribution is 2.34. The standard InChI is InChI=1S/C26H22F2N2O2/c1-16-25(19-11-9-18(10-12-19)23(31)14-17-7-8-17)30-13-3-6-24(26(30)29-16)32-15-20-21(27)4-2-5-22(20)28/h2-6,9-13,17H,7-8,14-15H2,1H3. The molecule has 0 unspecified atom stereocenters. The summed E-state index contributed by atoms with van der Waals surface area (Å²) in [6.07, 6.45) is 4.79. The van der Waals surface area contributed by atoms with Gasteiger partial charge in [-0.25, -0.2) is 13.8 Å². The van der Waals surface area contributed by atoms with E-state index in [2.05, 4.69) is 4.98 Å². The van der Waals surface area contributed by atoms with Crippen LogP contribution in [-0.4, -0.2) is 15.2 Å². The van der Waals surface area contributed by atoms with E-state index >= 15 is 0 Å². The Bertz CT molecular complexity index is 1290. The second kappa shape index (κ2) is 8.19. The first-order valence-corrected chi connectivity index (χ1v) is 10.7. The maximum absolute atomic E-state index is 14.0. The van der Waals surface area contributed by atoms with E-state index in [4.69, 9.17) is 4.74 Å². The summed E-state index contributed by atoms with van der Waals surface area (Å²) in [6.45, 7) is 1.66. The highest BCUT2D eigenvalue weighted by Gasteiger charge is 2.25. The number of carbonyl (C=O) groups excluding carboxylic acids is 1. The van der Waals surface area contributed by atoms with Gasteiger partial charge in [0, 0.05) is 23.7 Å². The minimum atomic E-state index is -0.645. The van der Waals surface area contributed by atoms with Crippen molar-refractivity contribution in [2.45, 2.75) is 32.8 Å². The van der Waals surface area contributed by atoms with Crippen LogP contribution in [-0.2, 0) is 6.61 Å². The molecule has 0 aliphatic heterocycles. The molecule has 2 heterocycles. The van der Waals surface area contributed by atoms with Crippen molar-refractivity contribution >= 4 is 11.4 Å². The van der Waals surface area contributed by atoms with E-state index in [0.29, 0.717) is 23.7 Å². The number of hydrogen-bond donors (Lipinski definition) is 0. The Hall–Kier alpha value is -3.54. The largest absolute Gasteiger partial charge is 0.485 e. The zero-order valence-corrected chi connectivity index (χ0v) is 17.6. The molecule has 0 spiro atoms. The van der Waals surface area contributed by atoms with Gasteiger partial charge in [-0.05, 0) is 49.9 Å². The van der Waals surface area contributed by atoms with E-state index in [-0.39, 0.29) is 18.0 Å². The molecule has 0 amide bonds. The number of pyridine rings is 1. The maximum atomic E-state index is 14.0. The Labute approximate surface area is 184 Å². The number of hydrogen-bond acceptors (Lipinski definition) is 3. The smallest absolute Gasteiger partial charge is 0.180 e. The summed E-state index contributed by atoms with van der Waals surface area (Å²) < 4.78 is 35.6. The number of rotatable bonds is 7. The molecule has 4 aromatic rings. The molecule has 4 nitrogen and oxygen atoms in total. The number of Topliss-reactive ketones (excluding diaryl/α,β-unsaturated/α-hetero) is 1. The molecule has 1 aliphatic rings. The first-order valence-electron chi connectivity index (χ1n) is 10.7. The van der Waals surface area contributed by atoms with Crippen molar-refractivity contribution < 1.29 is 18.3 Å². The maximum Gasteiger partial charge on any atom is 0.180 e. The van der Waals surface area contributed by atoms with E-state index in [1.54, 1.807) is 12.1 Å². The van der Waals surface area contributed by atoms with Gasteiger partial charge in [0.15, 0.2) is 17.2 Å². The molecule has 1 aliphatic carbocycles. The molecule has 0 radical (unpaired) electrons. The number of carbonyl (C=O) groups is 1. The number of halogens is 2. The number of benzene rings is 2. The molecule has 0 saturated heterocycles. The van der Waals surface area contributed by atoms with Gasteiger partial charge < -0.3 is 4.74 Å². The van der Waals surface area contributed by atoms with Crippen LogP contribution >= 0.6 is 0 Å². The van der Waals surface area contributed by atoms with Crippen molar-refractivity contribution in [3.05, 3.63) is 89.2 Å². The third-order valence-electron chi connectivity index (χ3n) is 5.87. The fourth-order valence-electron chi connectivity index (χ4n) is 3.95. The van der Waals surface area contributed by atoms with Crippen molar-refractivity contribution in [2.75, 3.05) is 0 Å². The van der Waals surface area contributed by atoms with Gasteiger partial charge in [-0.3, -0.25) is 9.20 Å². The van der Waals surface area contributed by atoms with Gasteiger partial charge in [0.25, 0.3) is 0 Å². The lowest BCUT2D eigenvalue weighted by Gasteiger charge is -2.10. The van der Waals surface area contributed by atoms with E-state index in [1.807, 2.05) is 41.8 Å². The predicted octanol–water partition coefficient (Wildman–Crippen LogP) is 6.15. The number of ketones is 1. The van der Waals surface area contributed by atoms with Gasteiger partial charge >= 0.3 is 0 Å². The van der Waals surface area contributed by atoms with Crippen molar-refractivity contribution in [1.82, 2.24) is 9.38 Å². The third-order valence-corrected chi connectivity index (χ3v) is 5.87. The minimum absolute atomic E-state index is 0.121. The molecule has 2 aromatic carbocycles. The molecular weight excluding hydrogens is 410 g/mol. The van der Waals surface area contributed by atoms with Gasteiger partial charge in [0.1, 0.15) is 18.2 Å². The van der Waals surface area contributed by atoms with Crippen LogP contribution in [0.5, 0.6) is 5.75 Å². The van der Waals surface area contributed by atoms with Crippen LogP contribution in [0.3, 0.4) is 0 Å². The van der Waals surface area contributed by atoms with Crippen LogP contribution in [0.2, 0.25) is 0 Å². The van der Waals surface area contributed by atoms with E-state index < -0.39 is 11.6 Å². The highest BCUT2D eigenvalue weighted by atomic mass is 19.1. The van der Waals surface area contributed by atoms with Crippen LogP contribution < -0.4 is 4.74 Å². The molecule has 32 heavy (non-hydrogen) atoms. The highest BCUT2D eigenvalue weighted by molar-refractivity contribution is 5.96. The van der Waals surface area contributed by atoms with Gasteiger partial charge in [0.05, 0.1) is 17.0 Å². The zero-order chi connectivity index (χ0) is 22.2. The Balaban J connectivity index is 1.44. The average Bonchev–Trinajstić information content (AvgIpc) is 3.53. The molecule has 5 rings (SSSR count). The quantitative estimate of drug-likeness (QED) is 0.329. The first kappa shape index (κ1) is 20.4. The lowest BCUT2D eigenvalue weighted by Crippen LogP contribution is -2.03. The van der Waals surface area contributed by atoms with E-state index in [9.17, 15) is 13.6 Å². The third kappa shape index (κ3) is 3.88. The van der Waals surface area contributed by atoms with Crippen molar-refractivity contribution in [2.24, 2.45) is 5.92 Å². The fourth-order valence-corrected chi connectivity index (χ4v) is 3.95. The molecule has 0 atom stereocenters. The summed E-state index contributed by atoms with van der Waals surface area (Å²) >= 11 is 0. The molecule has 6 heteroatoms. The van der Waals surface area contributed by atoms with Crippen molar-refractivity contribution in [1.29, 1.82) is 0 Å². The number of imidazole rings is 1. The summed E-state index contributed by atoms with van der Waals surface area (Å²) in [5, 5.41) is 0. The fraction of sp³-hybridized carbons (Fsp3) is 0.231. The summed E-state index contributed by atoms with van der Waals surface area (Å²) in [7, 11) is 0. The first-order chi connectivity index (χ1) is 15.5. The van der Waals surface area contributed by atoms with E-state index in [0.717, 1.165) is 35.4 Å². The van der Waals surface area contributed by atoms with Crippen LogP contribution in [0.4, 0.5) is 8.78 Å². The molecule has 1 saturated carbocycles. The Morgan fingerprint density at radius 2 is 1.78 bits per heavy atom. The van der Waals surface area contributed by atoms with Crippen LogP contribution in [0, 0.1) is 24.5 Å². The molecule has 0 bridgehead atoms. The lowest BCUT2D eigenvalue weighted by atomic mass is 10.0. The Morgan fingerprint density at radius 3 is 2.47 bits per heavy atom. The molecule has 2 aromatic heterocycles. The van der Waals surface area contributed by atoms with Crippen molar-refractivity contribution in [3.63, 3.8) is 0 Å². The number of aromatic nitrogens is 2. The second-order valence-electron chi connectivity index (χ2n) is 8.25. The van der Waals surface area contributed by atoms with Crippen LogP contribution in [0.25, 0.3) is 16.9 Å². The summed E-state index contributed by atoms with van der Waals surface area (Å²) in [5.74, 6) is -0.118. The summed E-state index contributed by atoms with van der Waals surface area (Å²) in [6, 6.07) is 14.8. The number of nitrogens with zero attached hydrogens (tertiary/aromatic N) is 2. The molecule has 0 N–H and O–H groups in total. The lowest BCUT2D eigenvalue weighted by molar-refractivity contribution is 0.0976. The normalized spacial score (nSPS) is 13.5. The molecule has 1 fully saturated rings. The zero-order valence-electron chi connectivity index (χ0n) is 17.6. The van der Waals surface area contributed by atoms with Gasteiger partial charge in [0.2, 0.25) is 0 Å². The topological polar surface area (TPSA) is 43.6 Å². The van der Waals surface area contributed by atoms with Crippen LogP contribution in [0.15, 0.2) is 60.8 Å².